The number of halogens is 1. The molecule has 1 aromatic rings. The monoisotopic (exact) mass is 519 g/mol. The van der Waals surface area contributed by atoms with Crippen molar-refractivity contribution in [3.8, 4) is 0 Å². The Labute approximate surface area is 192 Å². The van der Waals surface area contributed by atoms with Crippen LogP contribution in [0, 0.1) is 0 Å². The van der Waals surface area contributed by atoms with Crippen molar-refractivity contribution in [2.45, 2.75) is 77.0 Å². The lowest BCUT2D eigenvalue weighted by atomic mass is 10.1. The molecule has 2 aliphatic rings. The number of rotatable bonds is 8. The number of nitrogens with one attached hydrogen (secondary N) is 1. The standard InChI is InChI=1S/C22H37N3O3.HI/c1-3-18(2)24-22(23-12-9-19-8-6-16-26-19)25-13-10-20(11-14-25)28-17-21-7-4-5-15-27-21;/h6,8,16,18,20-21H,3-5,7,9-15,17H2,1-2H3,(H,23,24);1H. The molecule has 29 heavy (non-hydrogen) atoms. The maximum atomic E-state index is 6.16. The summed E-state index contributed by atoms with van der Waals surface area (Å²) in [4.78, 5) is 7.25. The Bertz CT molecular complexity index is 568. The van der Waals surface area contributed by atoms with Crippen LogP contribution in [0.5, 0.6) is 0 Å². The molecule has 0 saturated carbocycles. The summed E-state index contributed by atoms with van der Waals surface area (Å²) in [5.41, 5.74) is 0. The molecule has 0 spiro atoms. The highest BCUT2D eigenvalue weighted by Gasteiger charge is 2.24. The third-order valence-corrected chi connectivity index (χ3v) is 5.72. The molecule has 1 N–H and O–H groups in total. The third-order valence-electron chi connectivity index (χ3n) is 5.72. The lowest BCUT2D eigenvalue weighted by molar-refractivity contribution is -0.0721. The van der Waals surface area contributed by atoms with Crippen molar-refractivity contribution in [3.63, 3.8) is 0 Å². The largest absolute Gasteiger partial charge is 0.469 e. The highest BCUT2D eigenvalue weighted by Crippen LogP contribution is 2.18. The minimum atomic E-state index is 0. The van der Waals surface area contributed by atoms with Gasteiger partial charge in [-0.1, -0.05) is 6.92 Å². The first-order chi connectivity index (χ1) is 13.7. The van der Waals surface area contributed by atoms with Gasteiger partial charge in [-0.25, -0.2) is 0 Å². The SMILES string of the molecule is CCC(C)NC(=NCCc1ccco1)N1CCC(OCC2CCCCO2)CC1.I. The number of aliphatic imine (C=N–C) groups is 1. The number of guanidine groups is 1. The summed E-state index contributed by atoms with van der Waals surface area (Å²) < 4.78 is 17.4. The van der Waals surface area contributed by atoms with E-state index in [1.54, 1.807) is 6.26 Å². The highest BCUT2D eigenvalue weighted by molar-refractivity contribution is 14.0. The van der Waals surface area contributed by atoms with Crippen LogP contribution in [0.25, 0.3) is 0 Å². The van der Waals surface area contributed by atoms with Gasteiger partial charge in [-0.2, -0.15) is 0 Å². The first-order valence-corrected chi connectivity index (χ1v) is 11.1. The summed E-state index contributed by atoms with van der Waals surface area (Å²) in [6.45, 7) is 8.76. The predicted molar refractivity (Wildman–Crippen MR) is 127 cm³/mol. The molecule has 2 fully saturated rings. The minimum Gasteiger partial charge on any atom is -0.469 e. The summed E-state index contributed by atoms with van der Waals surface area (Å²) in [6, 6.07) is 4.36. The van der Waals surface area contributed by atoms with Gasteiger partial charge < -0.3 is 24.1 Å². The normalized spacial score (nSPS) is 22.2. The molecule has 166 valence electrons. The van der Waals surface area contributed by atoms with Crippen molar-refractivity contribution in [1.82, 2.24) is 10.2 Å². The van der Waals surface area contributed by atoms with Crippen LogP contribution in [0.3, 0.4) is 0 Å². The quantitative estimate of drug-likeness (QED) is 0.317. The van der Waals surface area contributed by atoms with E-state index in [2.05, 4.69) is 24.1 Å². The number of furan rings is 1. The Balaban J connectivity index is 0.00000300. The predicted octanol–water partition coefficient (Wildman–Crippen LogP) is 4.23. The van der Waals surface area contributed by atoms with Crippen LogP contribution in [0.2, 0.25) is 0 Å². The summed E-state index contributed by atoms with van der Waals surface area (Å²) in [6.07, 6.45) is 9.99. The Morgan fingerprint density at radius 3 is 2.79 bits per heavy atom. The fourth-order valence-electron chi connectivity index (χ4n) is 3.70. The fraction of sp³-hybridized carbons (Fsp3) is 0.773. The zero-order valence-corrected chi connectivity index (χ0v) is 20.3. The third kappa shape index (κ3) is 8.45. The van der Waals surface area contributed by atoms with Gasteiger partial charge in [-0.3, -0.25) is 4.99 Å². The lowest BCUT2D eigenvalue weighted by Crippen LogP contribution is -2.49. The van der Waals surface area contributed by atoms with Crippen LogP contribution >= 0.6 is 24.0 Å². The van der Waals surface area contributed by atoms with E-state index in [9.17, 15) is 0 Å². The molecule has 6 nitrogen and oxygen atoms in total. The molecule has 0 aliphatic carbocycles. The van der Waals surface area contributed by atoms with E-state index in [1.165, 1.54) is 12.8 Å². The van der Waals surface area contributed by atoms with E-state index in [1.807, 2.05) is 12.1 Å². The van der Waals surface area contributed by atoms with Gasteiger partial charge >= 0.3 is 0 Å². The fourth-order valence-corrected chi connectivity index (χ4v) is 3.70. The molecule has 0 radical (unpaired) electrons. The summed E-state index contributed by atoms with van der Waals surface area (Å²) in [5.74, 6) is 2.01. The molecule has 0 aromatic carbocycles. The van der Waals surface area contributed by atoms with Crippen LogP contribution < -0.4 is 5.32 Å². The van der Waals surface area contributed by atoms with Crippen LogP contribution in [-0.2, 0) is 15.9 Å². The second-order valence-electron chi connectivity index (χ2n) is 8.00. The Kier molecular flexibility index (Phi) is 11.4. The number of ether oxygens (including phenoxy) is 2. The van der Waals surface area contributed by atoms with Gasteiger partial charge in [-0.05, 0) is 57.6 Å². The molecule has 0 amide bonds. The molecule has 1 aromatic heterocycles. The molecular weight excluding hydrogens is 481 g/mol. The topological polar surface area (TPSA) is 59.2 Å². The van der Waals surface area contributed by atoms with Crippen molar-refractivity contribution in [1.29, 1.82) is 0 Å². The van der Waals surface area contributed by atoms with Gasteiger partial charge in [0.25, 0.3) is 0 Å². The molecule has 3 rings (SSSR count). The van der Waals surface area contributed by atoms with Crippen molar-refractivity contribution in [2.75, 3.05) is 32.8 Å². The van der Waals surface area contributed by atoms with Crippen LogP contribution in [0.4, 0.5) is 0 Å². The van der Waals surface area contributed by atoms with E-state index in [4.69, 9.17) is 18.9 Å². The maximum absolute atomic E-state index is 6.16. The summed E-state index contributed by atoms with van der Waals surface area (Å²) in [5, 5.41) is 3.60. The highest BCUT2D eigenvalue weighted by atomic mass is 127. The Morgan fingerprint density at radius 2 is 2.14 bits per heavy atom. The molecular formula is C22H38IN3O3. The second-order valence-corrected chi connectivity index (χ2v) is 8.00. The number of nitrogens with zero attached hydrogens (tertiary/aromatic N) is 2. The number of likely N-dealkylation sites (tertiary alicyclic amines) is 1. The van der Waals surface area contributed by atoms with E-state index in [0.29, 0.717) is 18.2 Å². The van der Waals surface area contributed by atoms with Gasteiger partial charge in [0.05, 0.1) is 25.1 Å². The van der Waals surface area contributed by atoms with Crippen LogP contribution in [0.1, 0.15) is 58.1 Å². The number of piperidine rings is 1. The van der Waals surface area contributed by atoms with Gasteiger partial charge in [0.2, 0.25) is 0 Å². The number of hydrogen-bond acceptors (Lipinski definition) is 4. The van der Waals surface area contributed by atoms with E-state index < -0.39 is 0 Å². The number of hydrogen-bond donors (Lipinski definition) is 1. The van der Waals surface area contributed by atoms with Gasteiger partial charge in [0.1, 0.15) is 5.76 Å². The lowest BCUT2D eigenvalue weighted by Gasteiger charge is -2.36. The van der Waals surface area contributed by atoms with Crippen molar-refractivity contribution in [2.24, 2.45) is 4.99 Å². The maximum Gasteiger partial charge on any atom is 0.194 e. The molecule has 2 aliphatic heterocycles. The molecule has 2 atom stereocenters. The summed E-state index contributed by atoms with van der Waals surface area (Å²) >= 11 is 0. The Morgan fingerprint density at radius 1 is 1.31 bits per heavy atom. The van der Waals surface area contributed by atoms with Crippen molar-refractivity contribution in [3.05, 3.63) is 24.2 Å². The average molecular weight is 519 g/mol. The first kappa shape index (κ1) is 24.5. The van der Waals surface area contributed by atoms with Crippen molar-refractivity contribution >= 4 is 29.9 Å². The first-order valence-electron chi connectivity index (χ1n) is 11.1. The molecule has 2 saturated heterocycles. The van der Waals surface area contributed by atoms with Gasteiger partial charge in [0, 0.05) is 38.7 Å². The zero-order valence-electron chi connectivity index (χ0n) is 18.0. The molecule has 0 bridgehead atoms. The molecule has 7 heteroatoms. The van der Waals surface area contributed by atoms with Crippen molar-refractivity contribution < 1.29 is 13.9 Å². The molecule has 3 heterocycles. The average Bonchev–Trinajstić information content (AvgIpc) is 3.26. The van der Waals surface area contributed by atoms with E-state index >= 15 is 0 Å². The smallest absolute Gasteiger partial charge is 0.194 e. The van der Waals surface area contributed by atoms with Crippen LogP contribution in [0.15, 0.2) is 27.8 Å². The minimum absolute atomic E-state index is 0. The Hall–Kier alpha value is -0.800. The van der Waals surface area contributed by atoms with E-state index in [0.717, 1.165) is 76.7 Å². The summed E-state index contributed by atoms with van der Waals surface area (Å²) in [7, 11) is 0. The molecule has 2 unspecified atom stereocenters. The van der Waals surface area contributed by atoms with Gasteiger partial charge in [0.15, 0.2) is 5.96 Å². The zero-order chi connectivity index (χ0) is 19.6. The second kappa shape index (κ2) is 13.5. The van der Waals surface area contributed by atoms with E-state index in [-0.39, 0.29) is 24.0 Å². The van der Waals surface area contributed by atoms with Gasteiger partial charge in [-0.15, -0.1) is 24.0 Å². The van der Waals surface area contributed by atoms with Crippen LogP contribution in [-0.4, -0.2) is 62.0 Å².